The molecule has 3 aromatic heterocycles. The van der Waals surface area contributed by atoms with E-state index in [9.17, 15) is 0 Å². The van der Waals surface area contributed by atoms with Crippen LogP contribution < -0.4 is 4.74 Å². The average molecular weight is 303 g/mol. The molecule has 0 aliphatic heterocycles. The van der Waals surface area contributed by atoms with Gasteiger partial charge in [0.25, 0.3) is 0 Å². The number of ether oxygens (including phenoxy) is 1. The van der Waals surface area contributed by atoms with Gasteiger partial charge in [-0.05, 0) is 42.8 Å². The molecule has 0 aliphatic carbocycles. The largest absolute Gasteiger partial charge is 0.453 e. The van der Waals surface area contributed by atoms with E-state index < -0.39 is 0 Å². The topological polar surface area (TPSA) is 61.0 Å². The van der Waals surface area contributed by atoms with Crippen LogP contribution in [0.3, 0.4) is 0 Å². The van der Waals surface area contributed by atoms with Gasteiger partial charge in [0.05, 0.1) is 18.0 Å². The van der Waals surface area contributed by atoms with Gasteiger partial charge < -0.3 is 9.15 Å². The second-order valence-corrected chi connectivity index (χ2v) is 5.15. The van der Waals surface area contributed by atoms with Gasteiger partial charge >= 0.3 is 0 Å². The molecule has 0 N–H and O–H groups in total. The summed E-state index contributed by atoms with van der Waals surface area (Å²) in [6, 6.07) is 11.4. The summed E-state index contributed by atoms with van der Waals surface area (Å²) in [6.07, 6.45) is 6.67. The molecule has 4 rings (SSSR count). The zero-order valence-electron chi connectivity index (χ0n) is 12.4. The Balaban J connectivity index is 1.78. The van der Waals surface area contributed by atoms with Gasteiger partial charge in [0.15, 0.2) is 11.3 Å². The van der Waals surface area contributed by atoms with Crippen LogP contribution in [0.15, 0.2) is 65.6 Å². The van der Waals surface area contributed by atoms with Crippen molar-refractivity contribution in [2.24, 2.45) is 0 Å². The number of hydrogen-bond acceptors (Lipinski definition) is 5. The minimum absolute atomic E-state index is 0.506. The van der Waals surface area contributed by atoms with Gasteiger partial charge in [0.2, 0.25) is 5.89 Å². The van der Waals surface area contributed by atoms with Gasteiger partial charge in [0, 0.05) is 12.4 Å². The fourth-order valence-electron chi connectivity index (χ4n) is 2.33. The standard InChI is InChI=1S/C18H13N3O2/c1-12-4-5-16-15(9-12)21-18(23-16)14-6-8-20-11-17(14)22-13-3-2-7-19-10-13/h2-11H,1H3. The maximum absolute atomic E-state index is 5.86. The Morgan fingerprint density at radius 3 is 2.78 bits per heavy atom. The van der Waals surface area contributed by atoms with Crippen LogP contribution in [0.2, 0.25) is 0 Å². The lowest BCUT2D eigenvalue weighted by atomic mass is 10.2. The van der Waals surface area contributed by atoms with Gasteiger partial charge in [-0.3, -0.25) is 9.97 Å². The van der Waals surface area contributed by atoms with Crippen molar-refractivity contribution >= 4 is 11.1 Å². The normalized spacial score (nSPS) is 10.8. The average Bonchev–Trinajstić information content (AvgIpc) is 2.99. The molecule has 0 fully saturated rings. The molecule has 0 amide bonds. The van der Waals surface area contributed by atoms with Gasteiger partial charge in [-0.15, -0.1) is 0 Å². The van der Waals surface area contributed by atoms with Crippen LogP contribution in [0.4, 0.5) is 0 Å². The highest BCUT2D eigenvalue weighted by Gasteiger charge is 2.14. The molecule has 0 radical (unpaired) electrons. The molecule has 0 spiro atoms. The van der Waals surface area contributed by atoms with Crippen molar-refractivity contribution in [3.8, 4) is 23.0 Å². The van der Waals surface area contributed by atoms with Crippen molar-refractivity contribution in [1.29, 1.82) is 0 Å². The molecule has 0 saturated heterocycles. The van der Waals surface area contributed by atoms with E-state index in [1.165, 1.54) is 0 Å². The van der Waals surface area contributed by atoms with E-state index in [-0.39, 0.29) is 0 Å². The van der Waals surface area contributed by atoms with Crippen LogP contribution in [-0.2, 0) is 0 Å². The fraction of sp³-hybridized carbons (Fsp3) is 0.0556. The van der Waals surface area contributed by atoms with Gasteiger partial charge in [-0.25, -0.2) is 4.98 Å². The number of rotatable bonds is 3. The van der Waals surface area contributed by atoms with Crippen LogP contribution in [0.1, 0.15) is 5.56 Å². The summed E-state index contributed by atoms with van der Waals surface area (Å²) in [7, 11) is 0. The summed E-state index contributed by atoms with van der Waals surface area (Å²) < 4.78 is 11.7. The molecule has 0 aliphatic rings. The van der Waals surface area contributed by atoms with Gasteiger partial charge in [-0.2, -0.15) is 0 Å². The van der Waals surface area contributed by atoms with Crippen LogP contribution in [0, 0.1) is 6.92 Å². The smallest absolute Gasteiger partial charge is 0.231 e. The molecule has 1 aromatic carbocycles. The van der Waals surface area contributed by atoms with Crippen LogP contribution in [0.5, 0.6) is 11.5 Å². The van der Waals surface area contributed by atoms with E-state index in [1.54, 1.807) is 24.8 Å². The number of aryl methyl sites for hydroxylation is 1. The Morgan fingerprint density at radius 2 is 1.91 bits per heavy atom. The van der Waals surface area contributed by atoms with E-state index in [1.807, 2.05) is 43.3 Å². The Bertz CT molecular complexity index is 964. The number of hydrogen-bond donors (Lipinski definition) is 0. The number of benzene rings is 1. The van der Waals surface area contributed by atoms with Crippen molar-refractivity contribution < 1.29 is 9.15 Å². The Kier molecular flexibility index (Phi) is 3.24. The second-order valence-electron chi connectivity index (χ2n) is 5.15. The summed E-state index contributed by atoms with van der Waals surface area (Å²) in [6.45, 7) is 2.02. The Labute approximate surface area is 132 Å². The molecule has 112 valence electrons. The Hall–Kier alpha value is -3.21. The number of pyridine rings is 2. The maximum Gasteiger partial charge on any atom is 0.231 e. The fourth-order valence-corrected chi connectivity index (χ4v) is 2.33. The van der Waals surface area contributed by atoms with Crippen molar-refractivity contribution in [2.75, 3.05) is 0 Å². The lowest BCUT2D eigenvalue weighted by Crippen LogP contribution is -1.90. The highest BCUT2D eigenvalue weighted by Crippen LogP contribution is 2.33. The zero-order chi connectivity index (χ0) is 15.6. The van der Waals surface area contributed by atoms with Crippen molar-refractivity contribution in [2.45, 2.75) is 6.92 Å². The minimum atomic E-state index is 0.506. The molecule has 0 unspecified atom stereocenters. The van der Waals surface area contributed by atoms with E-state index in [0.717, 1.165) is 22.2 Å². The number of aromatic nitrogens is 3. The van der Waals surface area contributed by atoms with E-state index in [2.05, 4.69) is 15.0 Å². The number of oxazole rings is 1. The summed E-state index contributed by atoms with van der Waals surface area (Å²) in [5.41, 5.74) is 3.45. The first kappa shape index (κ1) is 13.5. The highest BCUT2D eigenvalue weighted by molar-refractivity contribution is 5.78. The maximum atomic E-state index is 5.86. The third-order valence-electron chi connectivity index (χ3n) is 3.42. The number of nitrogens with zero attached hydrogens (tertiary/aromatic N) is 3. The third kappa shape index (κ3) is 2.64. The Morgan fingerprint density at radius 1 is 1.00 bits per heavy atom. The first-order valence-electron chi connectivity index (χ1n) is 7.19. The van der Waals surface area contributed by atoms with Crippen LogP contribution >= 0.6 is 0 Å². The molecule has 0 bridgehead atoms. The molecule has 5 heteroatoms. The first-order valence-corrected chi connectivity index (χ1v) is 7.19. The molecule has 3 heterocycles. The van der Waals surface area contributed by atoms with Crippen molar-refractivity contribution in [3.63, 3.8) is 0 Å². The minimum Gasteiger partial charge on any atom is -0.453 e. The molecular weight excluding hydrogens is 290 g/mol. The molecule has 5 nitrogen and oxygen atoms in total. The monoisotopic (exact) mass is 303 g/mol. The second kappa shape index (κ2) is 5.53. The highest BCUT2D eigenvalue weighted by atomic mass is 16.5. The van der Waals surface area contributed by atoms with Crippen LogP contribution in [-0.4, -0.2) is 15.0 Å². The third-order valence-corrected chi connectivity index (χ3v) is 3.42. The number of fused-ring (bicyclic) bond motifs is 1. The van der Waals surface area contributed by atoms with Crippen molar-refractivity contribution in [1.82, 2.24) is 15.0 Å². The molecule has 0 atom stereocenters. The van der Waals surface area contributed by atoms with E-state index in [0.29, 0.717) is 17.4 Å². The predicted octanol–water partition coefficient (Wildman–Crippen LogP) is 4.39. The van der Waals surface area contributed by atoms with E-state index in [4.69, 9.17) is 9.15 Å². The van der Waals surface area contributed by atoms with Crippen molar-refractivity contribution in [3.05, 3.63) is 66.7 Å². The molecule has 23 heavy (non-hydrogen) atoms. The zero-order valence-corrected chi connectivity index (χ0v) is 12.4. The lowest BCUT2D eigenvalue weighted by molar-refractivity contribution is 0.476. The summed E-state index contributed by atoms with van der Waals surface area (Å²) in [5.74, 6) is 1.71. The lowest BCUT2D eigenvalue weighted by Gasteiger charge is -2.07. The molecule has 4 aromatic rings. The van der Waals surface area contributed by atoms with E-state index >= 15 is 0 Å². The summed E-state index contributed by atoms with van der Waals surface area (Å²) >= 11 is 0. The van der Waals surface area contributed by atoms with Crippen LogP contribution in [0.25, 0.3) is 22.6 Å². The molecular formula is C18H13N3O2. The summed E-state index contributed by atoms with van der Waals surface area (Å²) in [4.78, 5) is 12.7. The molecule has 0 saturated carbocycles. The van der Waals surface area contributed by atoms with Gasteiger partial charge in [-0.1, -0.05) is 6.07 Å². The first-order chi connectivity index (χ1) is 11.3. The predicted molar refractivity (Wildman–Crippen MR) is 86.3 cm³/mol. The van der Waals surface area contributed by atoms with Gasteiger partial charge in [0.1, 0.15) is 11.3 Å². The summed E-state index contributed by atoms with van der Waals surface area (Å²) in [5, 5.41) is 0. The quantitative estimate of drug-likeness (QED) is 0.562. The SMILES string of the molecule is Cc1ccc2oc(-c3ccncc3Oc3cccnc3)nc2c1.